The molecule has 0 aromatic carbocycles. The minimum absolute atomic E-state index is 0.630. The zero-order valence-corrected chi connectivity index (χ0v) is 10.3. The summed E-state index contributed by atoms with van der Waals surface area (Å²) in [5.41, 5.74) is 0. The largest absolute Gasteiger partial charge is 0.385 e. The Morgan fingerprint density at radius 2 is 2.00 bits per heavy atom. The highest BCUT2D eigenvalue weighted by Gasteiger charge is 2.13. The number of rotatable bonds is 8. The second-order valence-electron chi connectivity index (χ2n) is 4.56. The van der Waals surface area contributed by atoms with Gasteiger partial charge in [0.25, 0.3) is 0 Å². The first-order chi connectivity index (χ1) is 7.33. The highest BCUT2D eigenvalue weighted by atomic mass is 16.5. The monoisotopic (exact) mass is 214 g/mol. The van der Waals surface area contributed by atoms with Crippen LogP contribution in [0.1, 0.15) is 32.6 Å². The smallest absolute Gasteiger partial charge is 0.0462 e. The van der Waals surface area contributed by atoms with E-state index in [-0.39, 0.29) is 0 Å². The van der Waals surface area contributed by atoms with E-state index in [9.17, 15) is 0 Å². The maximum Gasteiger partial charge on any atom is 0.0462 e. The van der Waals surface area contributed by atoms with Crippen LogP contribution in [0.5, 0.6) is 0 Å². The molecule has 1 N–H and O–H groups in total. The van der Waals surface area contributed by atoms with Gasteiger partial charge in [-0.1, -0.05) is 0 Å². The molecule has 1 saturated heterocycles. The molecule has 90 valence electrons. The Hall–Kier alpha value is -0.120. The van der Waals surface area contributed by atoms with E-state index in [1.165, 1.54) is 45.3 Å². The molecular formula is C12H26N2O. The lowest BCUT2D eigenvalue weighted by atomic mass is 10.2. The molecule has 0 spiro atoms. The summed E-state index contributed by atoms with van der Waals surface area (Å²) in [6.45, 7) is 8.12. The number of nitrogens with zero attached hydrogens (tertiary/aromatic N) is 1. The van der Waals surface area contributed by atoms with Gasteiger partial charge in [0.2, 0.25) is 0 Å². The van der Waals surface area contributed by atoms with E-state index in [0.29, 0.717) is 6.04 Å². The third kappa shape index (κ3) is 6.13. The third-order valence-electron chi connectivity index (χ3n) is 3.00. The van der Waals surface area contributed by atoms with Crippen LogP contribution in [0.25, 0.3) is 0 Å². The highest BCUT2D eigenvalue weighted by molar-refractivity contribution is 4.72. The summed E-state index contributed by atoms with van der Waals surface area (Å²) in [5, 5.41) is 3.57. The van der Waals surface area contributed by atoms with Crippen LogP contribution in [-0.4, -0.2) is 50.8 Å². The fourth-order valence-corrected chi connectivity index (χ4v) is 2.14. The summed E-state index contributed by atoms with van der Waals surface area (Å²) in [6, 6.07) is 0.630. The third-order valence-corrected chi connectivity index (χ3v) is 3.00. The molecule has 1 rings (SSSR count). The Morgan fingerprint density at radius 3 is 2.67 bits per heavy atom. The molecule has 0 amide bonds. The minimum atomic E-state index is 0.630. The summed E-state index contributed by atoms with van der Waals surface area (Å²) < 4.78 is 5.02. The molecule has 3 nitrogen and oxygen atoms in total. The standard InChI is InChI=1S/C12H26N2O/c1-12(11-14-8-4-5-9-14)13-7-3-6-10-15-2/h12-13H,3-11H2,1-2H3. The SMILES string of the molecule is COCCCCNC(C)CN1CCCC1. The molecule has 1 aliphatic heterocycles. The van der Waals surface area contributed by atoms with Crippen molar-refractivity contribution in [3.63, 3.8) is 0 Å². The first-order valence-electron chi connectivity index (χ1n) is 6.27. The molecule has 1 fully saturated rings. The van der Waals surface area contributed by atoms with Gasteiger partial charge >= 0.3 is 0 Å². The quantitative estimate of drug-likeness (QED) is 0.620. The number of likely N-dealkylation sites (tertiary alicyclic amines) is 1. The van der Waals surface area contributed by atoms with Crippen molar-refractivity contribution in [1.29, 1.82) is 0 Å². The second kappa shape index (κ2) is 8.08. The van der Waals surface area contributed by atoms with Crippen molar-refractivity contribution < 1.29 is 4.74 Å². The van der Waals surface area contributed by atoms with E-state index < -0.39 is 0 Å². The molecule has 3 heteroatoms. The van der Waals surface area contributed by atoms with Crippen molar-refractivity contribution in [3.05, 3.63) is 0 Å². The summed E-state index contributed by atoms with van der Waals surface area (Å²) in [5.74, 6) is 0. The van der Waals surface area contributed by atoms with Gasteiger partial charge in [0.05, 0.1) is 0 Å². The van der Waals surface area contributed by atoms with Gasteiger partial charge in [-0.3, -0.25) is 0 Å². The summed E-state index contributed by atoms with van der Waals surface area (Å²) >= 11 is 0. The number of methoxy groups -OCH3 is 1. The van der Waals surface area contributed by atoms with Gasteiger partial charge in [-0.25, -0.2) is 0 Å². The van der Waals surface area contributed by atoms with Gasteiger partial charge in [0.1, 0.15) is 0 Å². The van der Waals surface area contributed by atoms with E-state index >= 15 is 0 Å². The van der Waals surface area contributed by atoms with E-state index in [4.69, 9.17) is 4.74 Å². The number of nitrogens with one attached hydrogen (secondary N) is 1. The Labute approximate surface area is 94.2 Å². The average molecular weight is 214 g/mol. The van der Waals surface area contributed by atoms with Gasteiger partial charge in [-0.05, 0) is 52.2 Å². The van der Waals surface area contributed by atoms with Crippen molar-refractivity contribution >= 4 is 0 Å². The molecule has 15 heavy (non-hydrogen) atoms. The zero-order valence-electron chi connectivity index (χ0n) is 10.3. The highest BCUT2D eigenvalue weighted by Crippen LogP contribution is 2.07. The molecule has 0 saturated carbocycles. The fourth-order valence-electron chi connectivity index (χ4n) is 2.14. The predicted octanol–water partition coefficient (Wildman–Crippen LogP) is 1.49. The fraction of sp³-hybridized carbons (Fsp3) is 1.00. The summed E-state index contributed by atoms with van der Waals surface area (Å²) in [6.07, 6.45) is 5.17. The summed E-state index contributed by atoms with van der Waals surface area (Å²) in [7, 11) is 1.77. The average Bonchev–Trinajstić information content (AvgIpc) is 2.70. The van der Waals surface area contributed by atoms with Crippen molar-refractivity contribution in [2.45, 2.75) is 38.6 Å². The van der Waals surface area contributed by atoms with Crippen molar-refractivity contribution in [3.8, 4) is 0 Å². The van der Waals surface area contributed by atoms with Crippen LogP contribution in [0.15, 0.2) is 0 Å². The van der Waals surface area contributed by atoms with Crippen LogP contribution in [0, 0.1) is 0 Å². The molecule has 1 atom stereocenters. The lowest BCUT2D eigenvalue weighted by molar-refractivity contribution is 0.192. The molecule has 0 bridgehead atoms. The van der Waals surface area contributed by atoms with Gasteiger partial charge in [-0.15, -0.1) is 0 Å². The van der Waals surface area contributed by atoms with Crippen LogP contribution in [-0.2, 0) is 4.74 Å². The van der Waals surface area contributed by atoms with Crippen molar-refractivity contribution in [1.82, 2.24) is 10.2 Å². The van der Waals surface area contributed by atoms with E-state index in [2.05, 4.69) is 17.1 Å². The molecule has 0 aromatic rings. The number of ether oxygens (including phenoxy) is 1. The van der Waals surface area contributed by atoms with Gasteiger partial charge in [0.15, 0.2) is 0 Å². The molecule has 1 heterocycles. The first-order valence-corrected chi connectivity index (χ1v) is 6.27. The summed E-state index contributed by atoms with van der Waals surface area (Å²) in [4.78, 5) is 2.56. The Balaban J connectivity index is 1.91. The number of hydrogen-bond acceptors (Lipinski definition) is 3. The molecule has 1 aliphatic rings. The van der Waals surface area contributed by atoms with Crippen LogP contribution < -0.4 is 5.32 Å². The molecular weight excluding hydrogens is 188 g/mol. The van der Waals surface area contributed by atoms with E-state index in [0.717, 1.165) is 13.2 Å². The number of hydrogen-bond donors (Lipinski definition) is 1. The Kier molecular flexibility index (Phi) is 6.98. The van der Waals surface area contributed by atoms with Crippen molar-refractivity contribution in [2.75, 3.05) is 39.9 Å². The normalized spacial score (nSPS) is 19.6. The lowest BCUT2D eigenvalue weighted by Crippen LogP contribution is -2.38. The first kappa shape index (κ1) is 12.9. The second-order valence-corrected chi connectivity index (χ2v) is 4.56. The van der Waals surface area contributed by atoms with Gasteiger partial charge in [0, 0.05) is 26.3 Å². The molecule has 0 radical (unpaired) electrons. The molecule has 0 aromatic heterocycles. The maximum absolute atomic E-state index is 5.02. The van der Waals surface area contributed by atoms with Crippen LogP contribution >= 0.6 is 0 Å². The topological polar surface area (TPSA) is 24.5 Å². The van der Waals surface area contributed by atoms with E-state index in [1.807, 2.05) is 0 Å². The Morgan fingerprint density at radius 1 is 1.27 bits per heavy atom. The van der Waals surface area contributed by atoms with Crippen LogP contribution in [0.3, 0.4) is 0 Å². The van der Waals surface area contributed by atoms with Gasteiger partial charge in [-0.2, -0.15) is 0 Å². The molecule has 0 aliphatic carbocycles. The van der Waals surface area contributed by atoms with E-state index in [1.54, 1.807) is 7.11 Å². The lowest BCUT2D eigenvalue weighted by Gasteiger charge is -2.21. The zero-order chi connectivity index (χ0) is 10.9. The van der Waals surface area contributed by atoms with Crippen molar-refractivity contribution in [2.24, 2.45) is 0 Å². The Bertz CT molecular complexity index is 147. The maximum atomic E-state index is 5.02. The minimum Gasteiger partial charge on any atom is -0.385 e. The predicted molar refractivity (Wildman–Crippen MR) is 64.2 cm³/mol. The van der Waals surface area contributed by atoms with Gasteiger partial charge < -0.3 is 15.0 Å². The number of unbranched alkanes of at least 4 members (excludes halogenated alkanes) is 1. The van der Waals surface area contributed by atoms with Crippen LogP contribution in [0.4, 0.5) is 0 Å². The molecule has 1 unspecified atom stereocenters. The van der Waals surface area contributed by atoms with Crippen LogP contribution in [0.2, 0.25) is 0 Å².